The molecule has 1 saturated heterocycles. The Morgan fingerprint density at radius 1 is 1.23 bits per heavy atom. The lowest BCUT2D eigenvalue weighted by atomic mass is 10.0. The lowest BCUT2D eigenvalue weighted by molar-refractivity contribution is 0.275. The van der Waals surface area contributed by atoms with Gasteiger partial charge in [-0.1, -0.05) is 6.92 Å². The zero-order chi connectivity index (χ0) is 10.1. The van der Waals surface area contributed by atoms with E-state index in [1.807, 2.05) is 0 Å². The van der Waals surface area contributed by atoms with Crippen molar-refractivity contribution >= 4 is 10.2 Å². The lowest BCUT2D eigenvalue weighted by Crippen LogP contribution is -2.44. The first-order chi connectivity index (χ1) is 5.94. The minimum atomic E-state index is -3.16. The Kier molecular flexibility index (Phi) is 3.32. The Balaban J connectivity index is 2.64. The molecule has 0 amide bonds. The number of piperidine rings is 1. The zero-order valence-electron chi connectivity index (χ0n) is 8.52. The molecule has 0 aromatic carbocycles. The van der Waals surface area contributed by atoms with Crippen molar-refractivity contribution in [2.24, 2.45) is 5.92 Å². The molecule has 0 saturated carbocycles. The predicted molar refractivity (Wildman–Crippen MR) is 52.6 cm³/mol. The van der Waals surface area contributed by atoms with Crippen LogP contribution >= 0.6 is 0 Å². The van der Waals surface area contributed by atoms with Gasteiger partial charge in [0.15, 0.2) is 0 Å². The third-order valence-corrected chi connectivity index (χ3v) is 4.47. The van der Waals surface area contributed by atoms with E-state index < -0.39 is 10.2 Å². The molecule has 1 rings (SSSR count). The van der Waals surface area contributed by atoms with Crippen LogP contribution in [0.1, 0.15) is 19.8 Å². The second-order valence-electron chi connectivity index (χ2n) is 3.87. The first kappa shape index (κ1) is 10.9. The van der Waals surface area contributed by atoms with Crippen molar-refractivity contribution in [3.8, 4) is 0 Å². The highest BCUT2D eigenvalue weighted by Crippen LogP contribution is 2.19. The van der Waals surface area contributed by atoms with E-state index in [0.29, 0.717) is 19.0 Å². The smallest absolute Gasteiger partial charge is 0.195 e. The number of rotatable bonds is 2. The molecule has 0 N–H and O–H groups in total. The molecule has 78 valence electrons. The average Bonchev–Trinajstić information content (AvgIpc) is 2.04. The first-order valence-corrected chi connectivity index (χ1v) is 6.02. The normalized spacial score (nSPS) is 22.5. The van der Waals surface area contributed by atoms with E-state index >= 15 is 0 Å². The van der Waals surface area contributed by atoms with E-state index in [9.17, 15) is 8.42 Å². The Morgan fingerprint density at radius 2 is 1.69 bits per heavy atom. The predicted octanol–water partition coefficient (Wildman–Crippen LogP) is 0.525. The van der Waals surface area contributed by atoms with Gasteiger partial charge in [-0.2, -0.15) is 17.0 Å². The summed E-state index contributed by atoms with van der Waals surface area (Å²) < 4.78 is 26.1. The molecule has 0 radical (unpaired) electrons. The van der Waals surface area contributed by atoms with Gasteiger partial charge in [0.1, 0.15) is 0 Å². The summed E-state index contributed by atoms with van der Waals surface area (Å²) in [4.78, 5) is 0. The molecule has 1 fully saturated rings. The molecule has 0 aliphatic carbocycles. The summed E-state index contributed by atoms with van der Waals surface area (Å²) in [6.45, 7) is 3.50. The first-order valence-electron chi connectivity index (χ1n) is 4.62. The van der Waals surface area contributed by atoms with Gasteiger partial charge in [0, 0.05) is 27.2 Å². The van der Waals surface area contributed by atoms with Gasteiger partial charge in [-0.3, -0.25) is 0 Å². The standard InChI is InChI=1S/C8H18N2O2S/c1-8-4-6-10(7-5-8)13(11,12)9(2)3/h8H,4-7H2,1-3H3. The zero-order valence-corrected chi connectivity index (χ0v) is 9.34. The molecule has 1 aliphatic heterocycles. The molecule has 1 aliphatic rings. The summed E-state index contributed by atoms with van der Waals surface area (Å²) in [6, 6.07) is 0. The van der Waals surface area contributed by atoms with Crippen molar-refractivity contribution in [2.45, 2.75) is 19.8 Å². The minimum Gasteiger partial charge on any atom is -0.195 e. The Hall–Kier alpha value is -0.130. The fourth-order valence-corrected chi connectivity index (χ4v) is 2.58. The second-order valence-corrected chi connectivity index (χ2v) is 6.01. The SMILES string of the molecule is CC1CCN(S(=O)(=O)N(C)C)CC1. The Morgan fingerprint density at radius 3 is 2.08 bits per heavy atom. The van der Waals surface area contributed by atoms with Gasteiger partial charge in [0.05, 0.1) is 0 Å². The summed E-state index contributed by atoms with van der Waals surface area (Å²) in [5, 5.41) is 0. The van der Waals surface area contributed by atoms with E-state index in [4.69, 9.17) is 0 Å². The minimum absolute atomic E-state index is 0.661. The van der Waals surface area contributed by atoms with Crippen LogP contribution < -0.4 is 0 Å². The third-order valence-electron chi connectivity index (χ3n) is 2.53. The largest absolute Gasteiger partial charge is 0.281 e. The van der Waals surface area contributed by atoms with E-state index in [-0.39, 0.29) is 0 Å². The molecule has 0 aromatic heterocycles. The van der Waals surface area contributed by atoms with Crippen LogP contribution in [0.25, 0.3) is 0 Å². The molecular weight excluding hydrogens is 188 g/mol. The van der Waals surface area contributed by atoms with Gasteiger partial charge in [0.25, 0.3) is 10.2 Å². The van der Waals surface area contributed by atoms with Crippen LogP contribution in [-0.2, 0) is 10.2 Å². The van der Waals surface area contributed by atoms with E-state index in [1.165, 1.54) is 4.31 Å². The molecule has 5 heteroatoms. The van der Waals surface area contributed by atoms with Gasteiger partial charge in [0.2, 0.25) is 0 Å². The summed E-state index contributed by atoms with van der Waals surface area (Å²) in [5.41, 5.74) is 0. The van der Waals surface area contributed by atoms with Crippen molar-refractivity contribution in [3.63, 3.8) is 0 Å². The quantitative estimate of drug-likeness (QED) is 0.661. The fraction of sp³-hybridized carbons (Fsp3) is 1.00. The van der Waals surface area contributed by atoms with Crippen LogP contribution in [0.4, 0.5) is 0 Å². The highest BCUT2D eigenvalue weighted by molar-refractivity contribution is 7.86. The number of nitrogens with zero attached hydrogens (tertiary/aromatic N) is 2. The molecule has 4 nitrogen and oxygen atoms in total. The maximum atomic E-state index is 11.6. The van der Waals surface area contributed by atoms with Gasteiger partial charge >= 0.3 is 0 Å². The van der Waals surface area contributed by atoms with Crippen LogP contribution in [0, 0.1) is 5.92 Å². The van der Waals surface area contributed by atoms with E-state index in [1.54, 1.807) is 18.4 Å². The highest BCUT2D eigenvalue weighted by atomic mass is 32.2. The van der Waals surface area contributed by atoms with Crippen LogP contribution in [-0.4, -0.2) is 44.2 Å². The van der Waals surface area contributed by atoms with E-state index in [2.05, 4.69) is 6.92 Å². The van der Waals surface area contributed by atoms with Gasteiger partial charge in [-0.05, 0) is 18.8 Å². The number of hydrogen-bond acceptors (Lipinski definition) is 2. The number of hydrogen-bond donors (Lipinski definition) is 0. The molecule has 1 heterocycles. The van der Waals surface area contributed by atoms with Crippen molar-refractivity contribution in [3.05, 3.63) is 0 Å². The summed E-state index contributed by atoms with van der Waals surface area (Å²) >= 11 is 0. The van der Waals surface area contributed by atoms with Gasteiger partial charge in [-0.25, -0.2) is 0 Å². The van der Waals surface area contributed by atoms with Crippen molar-refractivity contribution in [1.29, 1.82) is 0 Å². The Labute approximate surface area is 80.7 Å². The Bertz CT molecular complexity index is 253. The second kappa shape index (κ2) is 3.94. The van der Waals surface area contributed by atoms with Gasteiger partial charge in [-0.15, -0.1) is 0 Å². The van der Waals surface area contributed by atoms with Crippen LogP contribution in [0.15, 0.2) is 0 Å². The summed E-state index contributed by atoms with van der Waals surface area (Å²) in [5.74, 6) is 0.661. The maximum Gasteiger partial charge on any atom is 0.281 e. The van der Waals surface area contributed by atoms with E-state index in [0.717, 1.165) is 12.8 Å². The third kappa shape index (κ3) is 2.42. The monoisotopic (exact) mass is 206 g/mol. The molecule has 0 unspecified atom stereocenters. The summed E-state index contributed by atoms with van der Waals surface area (Å²) in [6.07, 6.45) is 1.96. The van der Waals surface area contributed by atoms with Gasteiger partial charge < -0.3 is 0 Å². The highest BCUT2D eigenvalue weighted by Gasteiger charge is 2.27. The summed E-state index contributed by atoms with van der Waals surface area (Å²) in [7, 11) is -0.00321. The molecular formula is C8H18N2O2S. The van der Waals surface area contributed by atoms with Crippen molar-refractivity contribution in [2.75, 3.05) is 27.2 Å². The van der Waals surface area contributed by atoms with Crippen LogP contribution in [0.3, 0.4) is 0 Å². The fourth-order valence-electron chi connectivity index (χ4n) is 1.45. The topological polar surface area (TPSA) is 40.6 Å². The van der Waals surface area contributed by atoms with Crippen molar-refractivity contribution in [1.82, 2.24) is 8.61 Å². The lowest BCUT2D eigenvalue weighted by Gasteiger charge is -2.31. The molecule has 0 aromatic rings. The van der Waals surface area contributed by atoms with Crippen LogP contribution in [0.2, 0.25) is 0 Å². The van der Waals surface area contributed by atoms with Crippen molar-refractivity contribution < 1.29 is 8.42 Å². The molecule has 0 spiro atoms. The molecule has 0 bridgehead atoms. The van der Waals surface area contributed by atoms with Crippen LogP contribution in [0.5, 0.6) is 0 Å². The molecule has 13 heavy (non-hydrogen) atoms. The average molecular weight is 206 g/mol. The maximum absolute atomic E-state index is 11.6. The molecule has 0 atom stereocenters.